The quantitative estimate of drug-likeness (QED) is 0.805. The van der Waals surface area contributed by atoms with Crippen molar-refractivity contribution in [3.8, 4) is 0 Å². The van der Waals surface area contributed by atoms with Crippen molar-refractivity contribution >= 4 is 5.78 Å². The average molecular weight is 230 g/mol. The van der Waals surface area contributed by atoms with Crippen molar-refractivity contribution in [3.05, 3.63) is 42.2 Å². The zero-order chi connectivity index (χ0) is 12.3. The normalized spacial score (nSPS) is 20.4. The lowest BCUT2D eigenvalue weighted by atomic mass is 9.81. The number of nitrogens with two attached hydrogens (primary N) is 1. The molecule has 0 saturated carbocycles. The second-order valence-corrected chi connectivity index (χ2v) is 4.53. The Balaban J connectivity index is 2.23. The van der Waals surface area contributed by atoms with Gasteiger partial charge in [-0.25, -0.2) is 0 Å². The molecule has 2 N–H and O–H groups in total. The van der Waals surface area contributed by atoms with E-state index in [4.69, 9.17) is 5.73 Å². The van der Waals surface area contributed by atoms with E-state index in [1.54, 1.807) is 12.3 Å². The number of carbonyl (C=O) groups excluding carboxylic acids is 1. The number of aryl methyl sites for hydroxylation is 1. The maximum Gasteiger partial charge on any atom is 0.158 e. The first kappa shape index (κ1) is 12.0. The molecule has 2 rings (SSSR count). The molecular weight excluding hydrogens is 212 g/mol. The van der Waals surface area contributed by atoms with Gasteiger partial charge in [-0.1, -0.05) is 12.1 Å². The Bertz CT molecular complexity index is 428. The molecule has 0 bridgehead atoms. The van der Waals surface area contributed by atoms with Crippen LogP contribution in [-0.2, 0) is 11.2 Å². The Hall–Kier alpha value is -1.48. The van der Waals surface area contributed by atoms with Crippen molar-refractivity contribution in [2.75, 3.05) is 0 Å². The van der Waals surface area contributed by atoms with Crippen LogP contribution >= 0.6 is 0 Å². The summed E-state index contributed by atoms with van der Waals surface area (Å²) >= 11 is 0. The van der Waals surface area contributed by atoms with Gasteiger partial charge < -0.3 is 5.73 Å². The van der Waals surface area contributed by atoms with Gasteiger partial charge in [0.25, 0.3) is 0 Å². The third kappa shape index (κ3) is 2.44. The number of fused-ring (bicyclic) bond motifs is 1. The molecule has 3 nitrogen and oxygen atoms in total. The minimum Gasteiger partial charge on any atom is -0.321 e. The van der Waals surface area contributed by atoms with Gasteiger partial charge in [0.2, 0.25) is 0 Å². The van der Waals surface area contributed by atoms with E-state index in [-0.39, 0.29) is 11.7 Å². The van der Waals surface area contributed by atoms with Crippen molar-refractivity contribution in [2.45, 2.75) is 37.6 Å². The lowest BCUT2D eigenvalue weighted by molar-refractivity contribution is -0.122. The molecule has 17 heavy (non-hydrogen) atoms. The zero-order valence-electron chi connectivity index (χ0n) is 9.93. The number of aromatic nitrogens is 1. The standard InChI is InChI=1S/C14H18N2O/c1-2-5-12(15)14(17)11-8-3-6-10-7-4-9-16-13(10)11/h2,4,7,9,11-12H,1,3,5-6,8,15H2. The molecule has 0 aliphatic heterocycles. The number of ketones is 1. The van der Waals surface area contributed by atoms with Crippen molar-refractivity contribution in [2.24, 2.45) is 5.73 Å². The number of Topliss-reactive ketones (excluding diaryl/α,β-unsaturated/α-hetero) is 1. The van der Waals surface area contributed by atoms with E-state index in [1.165, 1.54) is 5.56 Å². The van der Waals surface area contributed by atoms with Gasteiger partial charge in [0.15, 0.2) is 5.78 Å². The van der Waals surface area contributed by atoms with E-state index in [0.717, 1.165) is 25.0 Å². The third-order valence-corrected chi connectivity index (χ3v) is 3.32. The molecule has 0 fully saturated rings. The molecule has 0 saturated heterocycles. The molecule has 3 heteroatoms. The van der Waals surface area contributed by atoms with Crippen molar-refractivity contribution in [1.82, 2.24) is 4.98 Å². The average Bonchev–Trinajstić information content (AvgIpc) is 2.37. The summed E-state index contributed by atoms with van der Waals surface area (Å²) in [6.45, 7) is 3.62. The van der Waals surface area contributed by atoms with Crippen LogP contribution in [0.1, 0.15) is 36.4 Å². The molecule has 0 spiro atoms. The van der Waals surface area contributed by atoms with Crippen molar-refractivity contribution < 1.29 is 4.79 Å². The van der Waals surface area contributed by atoms with Crippen LogP contribution in [0.3, 0.4) is 0 Å². The van der Waals surface area contributed by atoms with E-state index in [0.29, 0.717) is 6.42 Å². The highest BCUT2D eigenvalue weighted by Crippen LogP contribution is 2.31. The molecular formula is C14H18N2O. The topological polar surface area (TPSA) is 56.0 Å². The predicted molar refractivity (Wildman–Crippen MR) is 67.7 cm³/mol. The molecule has 1 aliphatic carbocycles. The van der Waals surface area contributed by atoms with Gasteiger partial charge in [0.1, 0.15) is 0 Å². The Kier molecular flexibility index (Phi) is 3.69. The summed E-state index contributed by atoms with van der Waals surface area (Å²) < 4.78 is 0. The van der Waals surface area contributed by atoms with E-state index in [9.17, 15) is 4.79 Å². The van der Waals surface area contributed by atoms with E-state index in [1.807, 2.05) is 6.07 Å². The Morgan fingerprint density at radius 2 is 2.53 bits per heavy atom. The molecule has 1 aliphatic rings. The summed E-state index contributed by atoms with van der Waals surface area (Å²) in [4.78, 5) is 16.6. The van der Waals surface area contributed by atoms with Crippen LogP contribution in [0.15, 0.2) is 31.0 Å². The maximum absolute atomic E-state index is 12.2. The Labute approximate surface area is 102 Å². The monoisotopic (exact) mass is 230 g/mol. The van der Waals surface area contributed by atoms with E-state index in [2.05, 4.69) is 17.6 Å². The highest BCUT2D eigenvalue weighted by molar-refractivity contribution is 5.90. The molecule has 2 atom stereocenters. The fourth-order valence-electron chi connectivity index (χ4n) is 2.44. The van der Waals surface area contributed by atoms with Gasteiger partial charge in [-0.05, 0) is 37.3 Å². The molecule has 0 aromatic carbocycles. The van der Waals surface area contributed by atoms with Crippen LogP contribution in [0.2, 0.25) is 0 Å². The summed E-state index contributed by atoms with van der Waals surface area (Å²) in [5.41, 5.74) is 8.00. The van der Waals surface area contributed by atoms with Crippen LogP contribution in [0.5, 0.6) is 0 Å². The molecule has 1 aromatic rings. The Morgan fingerprint density at radius 1 is 1.71 bits per heavy atom. The molecule has 1 aromatic heterocycles. The number of carbonyl (C=O) groups is 1. The van der Waals surface area contributed by atoms with Crippen LogP contribution < -0.4 is 5.73 Å². The van der Waals surface area contributed by atoms with Gasteiger partial charge in [0.05, 0.1) is 17.7 Å². The van der Waals surface area contributed by atoms with Gasteiger partial charge >= 0.3 is 0 Å². The number of hydrogen-bond acceptors (Lipinski definition) is 3. The van der Waals surface area contributed by atoms with Crippen molar-refractivity contribution in [1.29, 1.82) is 0 Å². The molecule has 90 valence electrons. The molecule has 2 unspecified atom stereocenters. The second kappa shape index (κ2) is 5.23. The summed E-state index contributed by atoms with van der Waals surface area (Å²) in [5, 5.41) is 0. The second-order valence-electron chi connectivity index (χ2n) is 4.53. The molecule has 1 heterocycles. The van der Waals surface area contributed by atoms with Gasteiger partial charge in [-0.15, -0.1) is 6.58 Å². The highest BCUT2D eigenvalue weighted by Gasteiger charge is 2.30. The fraction of sp³-hybridized carbons (Fsp3) is 0.429. The number of hydrogen-bond donors (Lipinski definition) is 1. The zero-order valence-corrected chi connectivity index (χ0v) is 9.93. The van der Waals surface area contributed by atoms with Crippen LogP contribution in [-0.4, -0.2) is 16.8 Å². The maximum atomic E-state index is 12.2. The van der Waals surface area contributed by atoms with Gasteiger partial charge in [-0.3, -0.25) is 9.78 Å². The molecule has 0 radical (unpaired) electrons. The highest BCUT2D eigenvalue weighted by atomic mass is 16.1. The lowest BCUT2D eigenvalue weighted by Gasteiger charge is -2.25. The summed E-state index contributed by atoms with van der Waals surface area (Å²) in [6.07, 6.45) is 6.92. The first-order chi connectivity index (χ1) is 8.24. The largest absolute Gasteiger partial charge is 0.321 e. The Morgan fingerprint density at radius 3 is 3.29 bits per heavy atom. The number of nitrogens with zero attached hydrogens (tertiary/aromatic N) is 1. The number of pyridine rings is 1. The number of rotatable bonds is 4. The smallest absolute Gasteiger partial charge is 0.158 e. The first-order valence-corrected chi connectivity index (χ1v) is 6.08. The third-order valence-electron chi connectivity index (χ3n) is 3.32. The van der Waals surface area contributed by atoms with Crippen LogP contribution in [0, 0.1) is 0 Å². The van der Waals surface area contributed by atoms with Gasteiger partial charge in [-0.2, -0.15) is 0 Å². The summed E-state index contributed by atoms with van der Waals surface area (Å²) in [6, 6.07) is 3.54. The van der Waals surface area contributed by atoms with Gasteiger partial charge in [0, 0.05) is 6.20 Å². The predicted octanol–water partition coefficient (Wildman–Crippen LogP) is 1.97. The van der Waals surface area contributed by atoms with E-state index >= 15 is 0 Å². The van der Waals surface area contributed by atoms with Crippen LogP contribution in [0.4, 0.5) is 0 Å². The lowest BCUT2D eigenvalue weighted by Crippen LogP contribution is -2.35. The summed E-state index contributed by atoms with van der Waals surface area (Å²) in [5.74, 6) is -0.0144. The molecule has 0 amide bonds. The minimum absolute atomic E-state index is 0.101. The summed E-state index contributed by atoms with van der Waals surface area (Å²) in [7, 11) is 0. The first-order valence-electron chi connectivity index (χ1n) is 6.08. The van der Waals surface area contributed by atoms with Crippen LogP contribution in [0.25, 0.3) is 0 Å². The minimum atomic E-state index is -0.439. The van der Waals surface area contributed by atoms with Crippen molar-refractivity contribution in [3.63, 3.8) is 0 Å². The fourth-order valence-corrected chi connectivity index (χ4v) is 2.44. The van der Waals surface area contributed by atoms with E-state index < -0.39 is 6.04 Å². The SMILES string of the molecule is C=CCC(N)C(=O)C1CCCc2cccnc21.